The van der Waals surface area contributed by atoms with Gasteiger partial charge >= 0.3 is 0 Å². The van der Waals surface area contributed by atoms with Crippen LogP contribution in [0.3, 0.4) is 0 Å². The second-order valence-corrected chi connectivity index (χ2v) is 15.6. The van der Waals surface area contributed by atoms with E-state index in [9.17, 15) is 0 Å². The van der Waals surface area contributed by atoms with Gasteiger partial charge < -0.3 is 9.32 Å². The van der Waals surface area contributed by atoms with Crippen molar-refractivity contribution in [2.24, 2.45) is 0 Å². The molecule has 0 unspecified atom stereocenters. The van der Waals surface area contributed by atoms with Crippen LogP contribution in [0.1, 0.15) is 25.0 Å². The first kappa shape index (κ1) is 29.6. The minimum atomic E-state index is -0.0907. The zero-order valence-corrected chi connectivity index (χ0v) is 29.7. The highest BCUT2D eigenvalue weighted by atomic mass is 32.1. The molecule has 1 aliphatic rings. The Bertz CT molecular complexity index is 3050. The van der Waals surface area contributed by atoms with Crippen LogP contribution < -0.4 is 4.90 Å². The molecule has 3 heteroatoms. The number of hydrogen-bond donors (Lipinski definition) is 0. The van der Waals surface area contributed by atoms with Crippen molar-refractivity contribution in [3.8, 4) is 22.3 Å². The Labute approximate surface area is 305 Å². The lowest BCUT2D eigenvalue weighted by Gasteiger charge is -2.28. The van der Waals surface area contributed by atoms with E-state index in [2.05, 4.69) is 183 Å². The lowest BCUT2D eigenvalue weighted by atomic mass is 9.82. The van der Waals surface area contributed by atoms with Gasteiger partial charge in [-0.2, -0.15) is 0 Å². The molecule has 0 atom stereocenters. The van der Waals surface area contributed by atoms with Crippen LogP contribution in [0.5, 0.6) is 0 Å². The zero-order valence-electron chi connectivity index (χ0n) is 28.9. The summed E-state index contributed by atoms with van der Waals surface area (Å²) in [4.78, 5) is 2.42. The lowest BCUT2D eigenvalue weighted by Crippen LogP contribution is -2.16. The van der Waals surface area contributed by atoms with Gasteiger partial charge in [-0.25, -0.2) is 0 Å². The molecule has 0 spiro atoms. The van der Waals surface area contributed by atoms with E-state index < -0.39 is 0 Å². The quantitative estimate of drug-likeness (QED) is 0.184. The Kier molecular flexibility index (Phi) is 6.21. The number of rotatable bonds is 4. The summed E-state index contributed by atoms with van der Waals surface area (Å²) < 4.78 is 9.16. The lowest BCUT2D eigenvalue weighted by molar-refractivity contribution is 0.660. The maximum absolute atomic E-state index is 6.53. The minimum Gasteiger partial charge on any atom is -0.455 e. The zero-order chi connectivity index (χ0) is 34.6. The smallest absolute Gasteiger partial charge is 0.143 e. The topological polar surface area (TPSA) is 16.4 Å². The molecule has 10 aromatic rings. The molecule has 246 valence electrons. The van der Waals surface area contributed by atoms with E-state index in [-0.39, 0.29) is 5.41 Å². The van der Waals surface area contributed by atoms with Crippen molar-refractivity contribution in [3.63, 3.8) is 0 Å². The first-order chi connectivity index (χ1) is 25.5. The second-order valence-electron chi connectivity index (χ2n) is 14.5. The normalized spacial score (nSPS) is 13.3. The fourth-order valence-electron chi connectivity index (χ4n) is 8.62. The molecule has 0 saturated heterocycles. The molecule has 0 saturated carbocycles. The molecular formula is C49H33NOS. The van der Waals surface area contributed by atoms with Crippen molar-refractivity contribution >= 4 is 81.3 Å². The highest BCUT2D eigenvalue weighted by molar-refractivity contribution is 7.25. The van der Waals surface area contributed by atoms with Gasteiger partial charge in [-0.3, -0.25) is 0 Å². The molecule has 0 bridgehead atoms. The molecule has 0 aliphatic heterocycles. The summed E-state index contributed by atoms with van der Waals surface area (Å²) in [5.41, 5.74) is 12.9. The summed E-state index contributed by atoms with van der Waals surface area (Å²) in [5, 5.41) is 7.24. The average Bonchev–Trinajstić information content (AvgIpc) is 3.83. The SMILES string of the molecule is CC1(C)c2ccccc2-c2ccc(N(c3ccc(-c4ccc5c(c4)oc4c6ccccc6ccc54)cc3)c3ccc4sc5ccccc5c4c3)cc21. The van der Waals surface area contributed by atoms with Crippen molar-refractivity contribution in [2.75, 3.05) is 4.90 Å². The first-order valence-corrected chi connectivity index (χ1v) is 18.7. The monoisotopic (exact) mass is 683 g/mol. The largest absolute Gasteiger partial charge is 0.455 e. The van der Waals surface area contributed by atoms with Gasteiger partial charge in [0.1, 0.15) is 11.2 Å². The predicted octanol–water partition coefficient (Wildman–Crippen LogP) is 14.6. The van der Waals surface area contributed by atoms with E-state index in [0.717, 1.165) is 55.5 Å². The summed E-state index contributed by atoms with van der Waals surface area (Å²) in [7, 11) is 0. The predicted molar refractivity (Wildman–Crippen MR) is 222 cm³/mol. The number of nitrogens with zero attached hydrogens (tertiary/aromatic N) is 1. The number of fused-ring (bicyclic) bond motifs is 11. The fraction of sp³-hybridized carbons (Fsp3) is 0.0612. The molecule has 0 radical (unpaired) electrons. The summed E-state index contributed by atoms with van der Waals surface area (Å²) in [6.07, 6.45) is 0. The number of hydrogen-bond acceptors (Lipinski definition) is 3. The van der Waals surface area contributed by atoms with E-state index in [0.29, 0.717) is 0 Å². The van der Waals surface area contributed by atoms with Gasteiger partial charge in [0.15, 0.2) is 0 Å². The number of thiophene rings is 1. The minimum absolute atomic E-state index is 0.0907. The van der Waals surface area contributed by atoms with E-state index in [1.807, 2.05) is 11.3 Å². The summed E-state index contributed by atoms with van der Waals surface area (Å²) >= 11 is 1.86. The molecular weight excluding hydrogens is 651 g/mol. The third kappa shape index (κ3) is 4.30. The van der Waals surface area contributed by atoms with Gasteiger partial charge in [-0.1, -0.05) is 111 Å². The van der Waals surface area contributed by atoms with E-state index in [1.54, 1.807) is 0 Å². The van der Waals surface area contributed by atoms with E-state index in [1.165, 1.54) is 47.8 Å². The van der Waals surface area contributed by atoms with Crippen molar-refractivity contribution < 1.29 is 4.42 Å². The standard InChI is InChI=1S/C49H33NOS/c1-49(2)43-13-7-5-11-37(43)38-25-21-35(29-44(38)49)50(34-22-26-47-42(28-34)40-12-6-8-14-46(40)52-47)33-19-15-30(16-20-33)32-18-23-39-41-24-17-31-9-3-4-10-36(31)48(41)51-45(39)27-32/h3-29H,1-2H3. The molecule has 0 fully saturated rings. The summed E-state index contributed by atoms with van der Waals surface area (Å²) in [6, 6.07) is 60.0. The molecule has 0 N–H and O–H groups in total. The van der Waals surface area contributed by atoms with Gasteiger partial charge in [-0.05, 0) is 105 Å². The maximum atomic E-state index is 6.53. The molecule has 2 nitrogen and oxygen atoms in total. The van der Waals surface area contributed by atoms with Crippen LogP contribution in [0.15, 0.2) is 168 Å². The maximum Gasteiger partial charge on any atom is 0.143 e. The third-order valence-electron chi connectivity index (χ3n) is 11.3. The van der Waals surface area contributed by atoms with Crippen LogP contribution in [-0.4, -0.2) is 0 Å². The van der Waals surface area contributed by atoms with E-state index >= 15 is 0 Å². The van der Waals surface area contributed by atoms with Crippen LogP contribution in [0, 0.1) is 0 Å². The summed E-state index contributed by atoms with van der Waals surface area (Å²) in [5.74, 6) is 0. The van der Waals surface area contributed by atoms with Crippen LogP contribution in [0.2, 0.25) is 0 Å². The highest BCUT2D eigenvalue weighted by Gasteiger charge is 2.35. The number of benzene rings is 8. The van der Waals surface area contributed by atoms with Crippen LogP contribution in [-0.2, 0) is 5.41 Å². The average molecular weight is 684 g/mol. The molecule has 2 aromatic heterocycles. The Balaban J connectivity index is 1.04. The van der Waals surface area contributed by atoms with E-state index in [4.69, 9.17) is 4.42 Å². The highest BCUT2D eigenvalue weighted by Crippen LogP contribution is 2.51. The van der Waals surface area contributed by atoms with Crippen molar-refractivity contribution in [1.82, 2.24) is 0 Å². The third-order valence-corrected chi connectivity index (χ3v) is 12.4. The second kappa shape index (κ2) is 10.9. The van der Waals surface area contributed by atoms with Gasteiger partial charge in [0.2, 0.25) is 0 Å². The van der Waals surface area contributed by atoms with Gasteiger partial charge in [0, 0.05) is 58.8 Å². The van der Waals surface area contributed by atoms with Gasteiger partial charge in [0.25, 0.3) is 0 Å². The summed E-state index contributed by atoms with van der Waals surface area (Å²) in [6.45, 7) is 4.71. The number of furan rings is 1. The Morgan fingerprint density at radius 1 is 0.462 bits per heavy atom. The number of anilines is 3. The Hall–Kier alpha value is -6.16. The Morgan fingerprint density at radius 3 is 2.04 bits per heavy atom. The molecule has 52 heavy (non-hydrogen) atoms. The van der Waals surface area contributed by atoms with Gasteiger partial charge in [-0.15, -0.1) is 11.3 Å². The van der Waals surface area contributed by atoms with Crippen molar-refractivity contribution in [2.45, 2.75) is 19.3 Å². The molecule has 1 aliphatic carbocycles. The van der Waals surface area contributed by atoms with Crippen molar-refractivity contribution in [1.29, 1.82) is 0 Å². The van der Waals surface area contributed by atoms with Crippen LogP contribution in [0.4, 0.5) is 17.1 Å². The fourth-order valence-corrected chi connectivity index (χ4v) is 9.70. The molecule has 2 heterocycles. The first-order valence-electron chi connectivity index (χ1n) is 17.9. The molecule has 8 aromatic carbocycles. The van der Waals surface area contributed by atoms with Crippen LogP contribution in [0.25, 0.3) is 75.1 Å². The van der Waals surface area contributed by atoms with Crippen LogP contribution >= 0.6 is 11.3 Å². The van der Waals surface area contributed by atoms with Crippen molar-refractivity contribution in [3.05, 3.63) is 175 Å². The Morgan fingerprint density at radius 2 is 1.13 bits per heavy atom. The van der Waals surface area contributed by atoms with Gasteiger partial charge in [0.05, 0.1) is 0 Å². The molecule has 11 rings (SSSR count). The molecule has 0 amide bonds.